The summed E-state index contributed by atoms with van der Waals surface area (Å²) in [4.78, 5) is 0. The highest BCUT2D eigenvalue weighted by molar-refractivity contribution is 9.10. The molecule has 1 saturated carbocycles. The third-order valence-electron chi connectivity index (χ3n) is 3.19. The lowest BCUT2D eigenvalue weighted by Gasteiger charge is -2.26. The number of rotatable bonds is 1. The van der Waals surface area contributed by atoms with Gasteiger partial charge in [0.2, 0.25) is 0 Å². The van der Waals surface area contributed by atoms with Gasteiger partial charge in [-0.2, -0.15) is 0 Å². The third-order valence-corrected chi connectivity index (χ3v) is 3.83. The fourth-order valence-corrected chi connectivity index (χ4v) is 2.47. The van der Waals surface area contributed by atoms with E-state index in [4.69, 9.17) is 5.73 Å². The zero-order chi connectivity index (χ0) is 10.8. The second-order valence-electron chi connectivity index (χ2n) is 4.29. The predicted octanol–water partition coefficient (Wildman–Crippen LogP) is 3.57. The Morgan fingerprint density at radius 1 is 1.20 bits per heavy atom. The van der Waals surface area contributed by atoms with E-state index in [1.54, 1.807) is 12.1 Å². The summed E-state index contributed by atoms with van der Waals surface area (Å²) in [5.74, 6) is 0.328. The van der Waals surface area contributed by atoms with Crippen molar-refractivity contribution in [1.29, 1.82) is 0 Å². The summed E-state index contributed by atoms with van der Waals surface area (Å²) in [6.45, 7) is 0. The smallest absolute Gasteiger partial charge is 0.137 e. The van der Waals surface area contributed by atoms with Crippen LogP contribution in [0.25, 0.3) is 0 Å². The topological polar surface area (TPSA) is 26.0 Å². The van der Waals surface area contributed by atoms with E-state index in [0.29, 0.717) is 16.4 Å². The van der Waals surface area contributed by atoms with E-state index in [1.807, 2.05) is 6.07 Å². The zero-order valence-electron chi connectivity index (χ0n) is 8.55. The van der Waals surface area contributed by atoms with Crippen LogP contribution in [0.4, 0.5) is 4.39 Å². The summed E-state index contributed by atoms with van der Waals surface area (Å²) in [5.41, 5.74) is 6.96. The molecule has 0 heterocycles. The van der Waals surface area contributed by atoms with E-state index in [-0.39, 0.29) is 5.82 Å². The molecule has 3 heteroatoms. The van der Waals surface area contributed by atoms with Crippen LogP contribution in [-0.2, 0) is 0 Å². The number of benzene rings is 1. The lowest BCUT2D eigenvalue weighted by atomic mass is 9.82. The van der Waals surface area contributed by atoms with Crippen LogP contribution in [0.1, 0.15) is 37.2 Å². The minimum atomic E-state index is -0.164. The SMILES string of the molecule is NC1CCC(c2ccc(Br)c(F)c2)CC1. The maximum atomic E-state index is 13.3. The van der Waals surface area contributed by atoms with E-state index in [0.717, 1.165) is 31.2 Å². The van der Waals surface area contributed by atoms with Gasteiger partial charge in [0.1, 0.15) is 5.82 Å². The molecule has 0 atom stereocenters. The maximum absolute atomic E-state index is 13.3. The summed E-state index contributed by atoms with van der Waals surface area (Å²) in [6.07, 6.45) is 4.29. The fraction of sp³-hybridized carbons (Fsp3) is 0.500. The Kier molecular flexibility index (Phi) is 3.42. The Morgan fingerprint density at radius 2 is 1.87 bits per heavy atom. The van der Waals surface area contributed by atoms with E-state index >= 15 is 0 Å². The molecular formula is C12H15BrFN. The standard InChI is InChI=1S/C12H15BrFN/c13-11-6-3-9(7-12(11)14)8-1-4-10(15)5-2-8/h3,6-8,10H,1-2,4-5,15H2. The van der Waals surface area contributed by atoms with Crippen molar-refractivity contribution in [1.82, 2.24) is 0 Å². The van der Waals surface area contributed by atoms with Gasteiger partial charge in [0.15, 0.2) is 0 Å². The number of hydrogen-bond acceptors (Lipinski definition) is 1. The second kappa shape index (κ2) is 4.62. The molecule has 1 aliphatic rings. The molecule has 1 aliphatic carbocycles. The van der Waals surface area contributed by atoms with Gasteiger partial charge in [-0.25, -0.2) is 4.39 Å². The van der Waals surface area contributed by atoms with Crippen molar-refractivity contribution in [2.45, 2.75) is 37.6 Å². The van der Waals surface area contributed by atoms with E-state index in [1.165, 1.54) is 0 Å². The molecule has 0 spiro atoms. The second-order valence-corrected chi connectivity index (χ2v) is 5.14. The molecule has 0 amide bonds. The molecule has 0 radical (unpaired) electrons. The van der Waals surface area contributed by atoms with Crippen LogP contribution in [-0.4, -0.2) is 6.04 Å². The molecule has 2 N–H and O–H groups in total. The lowest BCUT2D eigenvalue weighted by Crippen LogP contribution is -2.25. The number of hydrogen-bond donors (Lipinski definition) is 1. The highest BCUT2D eigenvalue weighted by atomic mass is 79.9. The average molecular weight is 272 g/mol. The van der Waals surface area contributed by atoms with E-state index < -0.39 is 0 Å². The predicted molar refractivity (Wildman–Crippen MR) is 63.3 cm³/mol. The van der Waals surface area contributed by atoms with Gasteiger partial charge in [0, 0.05) is 6.04 Å². The van der Waals surface area contributed by atoms with Crippen LogP contribution in [0.5, 0.6) is 0 Å². The number of halogens is 2. The molecule has 0 saturated heterocycles. The van der Waals surface area contributed by atoms with Crippen molar-refractivity contribution in [3.8, 4) is 0 Å². The highest BCUT2D eigenvalue weighted by Crippen LogP contribution is 2.33. The van der Waals surface area contributed by atoms with Crippen LogP contribution in [0.3, 0.4) is 0 Å². The van der Waals surface area contributed by atoms with Gasteiger partial charge in [-0.05, 0) is 65.2 Å². The Hall–Kier alpha value is -0.410. The van der Waals surface area contributed by atoms with Crippen LogP contribution < -0.4 is 5.73 Å². The van der Waals surface area contributed by atoms with Gasteiger partial charge in [-0.15, -0.1) is 0 Å². The minimum absolute atomic E-state index is 0.164. The summed E-state index contributed by atoms with van der Waals surface area (Å²) < 4.78 is 13.9. The summed E-state index contributed by atoms with van der Waals surface area (Å²) >= 11 is 3.17. The van der Waals surface area contributed by atoms with Crippen molar-refractivity contribution in [3.05, 3.63) is 34.1 Å². The molecule has 1 aromatic carbocycles. The summed E-state index contributed by atoms with van der Waals surface area (Å²) in [6, 6.07) is 5.79. The van der Waals surface area contributed by atoms with Gasteiger partial charge in [-0.3, -0.25) is 0 Å². The average Bonchev–Trinajstić information content (AvgIpc) is 2.23. The molecule has 15 heavy (non-hydrogen) atoms. The third kappa shape index (κ3) is 2.58. The zero-order valence-corrected chi connectivity index (χ0v) is 10.1. The molecule has 0 aliphatic heterocycles. The lowest BCUT2D eigenvalue weighted by molar-refractivity contribution is 0.394. The first-order valence-corrected chi connectivity index (χ1v) is 6.16. The minimum Gasteiger partial charge on any atom is -0.328 e. The Balaban J connectivity index is 2.12. The summed E-state index contributed by atoms with van der Waals surface area (Å²) in [7, 11) is 0. The largest absolute Gasteiger partial charge is 0.328 e. The Bertz CT molecular complexity index is 345. The van der Waals surface area contributed by atoms with Gasteiger partial charge in [0.05, 0.1) is 4.47 Å². The molecule has 1 fully saturated rings. The fourth-order valence-electron chi connectivity index (χ4n) is 2.22. The molecule has 0 bridgehead atoms. The van der Waals surface area contributed by atoms with Crippen LogP contribution in [0.2, 0.25) is 0 Å². The van der Waals surface area contributed by atoms with Crippen molar-refractivity contribution >= 4 is 15.9 Å². The molecule has 1 nitrogen and oxygen atoms in total. The van der Waals surface area contributed by atoms with Crippen molar-refractivity contribution < 1.29 is 4.39 Å². The monoisotopic (exact) mass is 271 g/mol. The molecule has 1 aromatic rings. The molecule has 2 rings (SSSR count). The molecule has 0 unspecified atom stereocenters. The molecule has 0 aromatic heterocycles. The first-order chi connectivity index (χ1) is 7.16. The van der Waals surface area contributed by atoms with Crippen LogP contribution in [0.15, 0.2) is 22.7 Å². The van der Waals surface area contributed by atoms with Crippen molar-refractivity contribution in [2.24, 2.45) is 5.73 Å². The first-order valence-electron chi connectivity index (χ1n) is 5.37. The Labute approximate surface area is 98.0 Å². The van der Waals surface area contributed by atoms with Gasteiger partial charge < -0.3 is 5.73 Å². The van der Waals surface area contributed by atoms with Gasteiger partial charge >= 0.3 is 0 Å². The molecular weight excluding hydrogens is 257 g/mol. The maximum Gasteiger partial charge on any atom is 0.137 e. The van der Waals surface area contributed by atoms with Gasteiger partial charge in [-0.1, -0.05) is 6.07 Å². The Morgan fingerprint density at radius 3 is 2.47 bits per heavy atom. The number of nitrogens with two attached hydrogens (primary N) is 1. The van der Waals surface area contributed by atoms with E-state index in [9.17, 15) is 4.39 Å². The van der Waals surface area contributed by atoms with Crippen LogP contribution in [0, 0.1) is 5.82 Å². The normalized spacial score (nSPS) is 26.6. The van der Waals surface area contributed by atoms with E-state index in [2.05, 4.69) is 15.9 Å². The molecule has 82 valence electrons. The van der Waals surface area contributed by atoms with Crippen molar-refractivity contribution in [2.75, 3.05) is 0 Å². The van der Waals surface area contributed by atoms with Crippen LogP contribution >= 0.6 is 15.9 Å². The first kappa shape index (κ1) is 11.1. The van der Waals surface area contributed by atoms with Crippen molar-refractivity contribution in [3.63, 3.8) is 0 Å². The quantitative estimate of drug-likeness (QED) is 0.831. The summed E-state index contributed by atoms with van der Waals surface area (Å²) in [5, 5.41) is 0. The van der Waals surface area contributed by atoms with Gasteiger partial charge in [0.25, 0.3) is 0 Å². The highest BCUT2D eigenvalue weighted by Gasteiger charge is 2.20.